The third-order valence-corrected chi connectivity index (χ3v) is 2.14. The summed E-state index contributed by atoms with van der Waals surface area (Å²) in [5.74, 6) is -0.929. The van der Waals surface area contributed by atoms with Gasteiger partial charge in [0.2, 0.25) is 5.75 Å². The smallest absolute Gasteiger partial charge is 0.311 e. The Bertz CT molecular complexity index is 498. The number of carbonyl (C=O) groups excluding carboxylic acids is 2. The number of carbonyl (C=O) groups is 2. The molecule has 0 aliphatic heterocycles. The molecule has 96 valence electrons. The topological polar surface area (TPSA) is 98.5 Å². The van der Waals surface area contributed by atoms with Crippen LogP contribution in [0.4, 0.5) is 5.69 Å². The van der Waals surface area contributed by atoms with Crippen LogP contribution in [0.2, 0.25) is 0 Å². The fraction of sp³-hybridized carbons (Fsp3) is 0.273. The highest BCUT2D eigenvalue weighted by Gasteiger charge is 2.22. The molecular weight excluding hydrogens is 240 g/mol. The van der Waals surface area contributed by atoms with Crippen molar-refractivity contribution in [1.82, 2.24) is 5.32 Å². The average molecular weight is 252 g/mol. The molecular formula is C11H12N2O5. The van der Waals surface area contributed by atoms with Crippen LogP contribution in [-0.4, -0.2) is 30.3 Å². The summed E-state index contributed by atoms with van der Waals surface area (Å²) in [6.45, 7) is 1.19. The number of nitrogens with zero attached hydrogens (tertiary/aromatic N) is 1. The molecule has 0 heterocycles. The minimum Gasteiger partial charge on any atom is -0.490 e. The number of Topliss-reactive ketones (excluding diaryl/α,β-unsaturated/α-hetero) is 1. The molecule has 0 saturated carbocycles. The number of ketones is 1. The van der Waals surface area contributed by atoms with Crippen molar-refractivity contribution in [1.29, 1.82) is 0 Å². The second-order valence-corrected chi connectivity index (χ2v) is 3.50. The van der Waals surface area contributed by atoms with Gasteiger partial charge in [0.25, 0.3) is 5.91 Å². The number of ether oxygens (including phenoxy) is 1. The highest BCUT2D eigenvalue weighted by Crippen LogP contribution is 2.30. The van der Waals surface area contributed by atoms with Gasteiger partial charge in [-0.2, -0.15) is 0 Å². The molecule has 0 saturated heterocycles. The summed E-state index contributed by atoms with van der Waals surface area (Å²) in [7, 11) is 1.24. The van der Waals surface area contributed by atoms with Crippen LogP contribution in [0.1, 0.15) is 17.3 Å². The van der Waals surface area contributed by atoms with Crippen LogP contribution in [0, 0.1) is 10.1 Å². The standard InChI is InChI=1S/C11H12N2O5/c1-7(14)6-12-11(15)8-4-3-5-9(13(16)17)10(8)18-2/h3-5H,6H2,1-2H3,(H,12,15). The zero-order valence-electron chi connectivity index (χ0n) is 9.93. The first-order valence-corrected chi connectivity index (χ1v) is 5.06. The Hall–Kier alpha value is -2.44. The molecule has 0 aromatic heterocycles. The Morgan fingerprint density at radius 3 is 2.61 bits per heavy atom. The number of nitro benzene ring substituents is 1. The van der Waals surface area contributed by atoms with Crippen LogP contribution in [-0.2, 0) is 4.79 Å². The minimum absolute atomic E-state index is 0.0213. The van der Waals surface area contributed by atoms with E-state index in [0.29, 0.717) is 0 Å². The van der Waals surface area contributed by atoms with Crippen molar-refractivity contribution in [2.45, 2.75) is 6.92 Å². The van der Waals surface area contributed by atoms with E-state index in [9.17, 15) is 19.7 Å². The molecule has 1 aromatic rings. The van der Waals surface area contributed by atoms with Crippen molar-refractivity contribution in [2.24, 2.45) is 0 Å². The van der Waals surface area contributed by atoms with Crippen molar-refractivity contribution in [3.05, 3.63) is 33.9 Å². The van der Waals surface area contributed by atoms with Crippen LogP contribution in [0.25, 0.3) is 0 Å². The lowest BCUT2D eigenvalue weighted by Gasteiger charge is -2.08. The normalized spacial score (nSPS) is 9.67. The summed E-state index contributed by atoms with van der Waals surface area (Å²) in [5, 5.41) is 13.1. The van der Waals surface area contributed by atoms with Gasteiger partial charge in [0, 0.05) is 6.07 Å². The van der Waals surface area contributed by atoms with E-state index in [1.165, 1.54) is 32.2 Å². The molecule has 0 radical (unpaired) electrons. The second-order valence-electron chi connectivity index (χ2n) is 3.50. The molecule has 0 aliphatic rings. The number of hydrogen-bond donors (Lipinski definition) is 1. The molecule has 7 nitrogen and oxygen atoms in total. The average Bonchev–Trinajstić information content (AvgIpc) is 2.34. The largest absolute Gasteiger partial charge is 0.490 e. The number of methoxy groups -OCH3 is 1. The molecule has 1 N–H and O–H groups in total. The molecule has 7 heteroatoms. The van der Waals surface area contributed by atoms with Gasteiger partial charge >= 0.3 is 5.69 Å². The zero-order chi connectivity index (χ0) is 13.7. The Labute approximate surface area is 103 Å². The number of nitro groups is 1. The number of nitrogens with one attached hydrogen (secondary N) is 1. The summed E-state index contributed by atoms with van der Waals surface area (Å²) < 4.78 is 4.88. The Morgan fingerprint density at radius 1 is 1.44 bits per heavy atom. The van der Waals surface area contributed by atoms with Gasteiger partial charge < -0.3 is 10.1 Å². The molecule has 0 bridgehead atoms. The summed E-state index contributed by atoms with van der Waals surface area (Å²) in [5.41, 5.74) is -0.277. The van der Waals surface area contributed by atoms with Gasteiger partial charge in [0.15, 0.2) is 0 Å². The third-order valence-electron chi connectivity index (χ3n) is 2.14. The predicted octanol–water partition coefficient (Wildman–Crippen LogP) is 0.922. The Morgan fingerprint density at radius 2 is 2.11 bits per heavy atom. The lowest BCUT2D eigenvalue weighted by atomic mass is 10.1. The first kappa shape index (κ1) is 13.6. The van der Waals surface area contributed by atoms with Gasteiger partial charge in [-0.1, -0.05) is 6.07 Å². The van der Waals surface area contributed by atoms with Crippen LogP contribution >= 0.6 is 0 Å². The molecule has 0 unspecified atom stereocenters. The molecule has 1 rings (SSSR count). The van der Waals surface area contributed by atoms with Gasteiger partial charge in [-0.15, -0.1) is 0 Å². The highest BCUT2D eigenvalue weighted by molar-refractivity contribution is 5.99. The minimum atomic E-state index is -0.638. The van der Waals surface area contributed by atoms with E-state index in [0.717, 1.165) is 0 Å². The zero-order valence-corrected chi connectivity index (χ0v) is 9.93. The second kappa shape index (κ2) is 5.76. The maximum atomic E-state index is 11.7. The molecule has 0 aliphatic carbocycles. The fourth-order valence-electron chi connectivity index (χ4n) is 1.36. The van der Waals surface area contributed by atoms with Crippen molar-refractivity contribution < 1.29 is 19.2 Å². The first-order valence-electron chi connectivity index (χ1n) is 5.06. The molecule has 0 atom stereocenters. The number of hydrogen-bond acceptors (Lipinski definition) is 5. The number of rotatable bonds is 5. The lowest BCUT2D eigenvalue weighted by molar-refractivity contribution is -0.385. The van der Waals surface area contributed by atoms with Gasteiger partial charge in [-0.3, -0.25) is 19.7 Å². The first-order chi connectivity index (χ1) is 8.47. The number of benzene rings is 1. The van der Waals surface area contributed by atoms with Crippen LogP contribution in [0.3, 0.4) is 0 Å². The van der Waals surface area contributed by atoms with E-state index in [2.05, 4.69) is 5.32 Å². The number of para-hydroxylation sites is 1. The van der Waals surface area contributed by atoms with E-state index in [1.807, 2.05) is 0 Å². The molecule has 1 amide bonds. The highest BCUT2D eigenvalue weighted by atomic mass is 16.6. The van der Waals surface area contributed by atoms with Gasteiger partial charge in [0.1, 0.15) is 5.78 Å². The van der Waals surface area contributed by atoms with Gasteiger partial charge in [-0.05, 0) is 13.0 Å². The van der Waals surface area contributed by atoms with Crippen LogP contribution < -0.4 is 10.1 Å². The van der Waals surface area contributed by atoms with E-state index >= 15 is 0 Å². The van der Waals surface area contributed by atoms with Crippen molar-refractivity contribution in [3.8, 4) is 5.75 Å². The predicted molar refractivity (Wildman–Crippen MR) is 62.7 cm³/mol. The monoisotopic (exact) mass is 252 g/mol. The number of amides is 1. The summed E-state index contributed by atoms with van der Waals surface area (Å²) >= 11 is 0. The molecule has 0 spiro atoms. The van der Waals surface area contributed by atoms with Gasteiger partial charge in [-0.25, -0.2) is 0 Å². The molecule has 0 fully saturated rings. The van der Waals surface area contributed by atoms with Crippen LogP contribution in [0.5, 0.6) is 5.75 Å². The Kier molecular flexibility index (Phi) is 4.36. The molecule has 18 heavy (non-hydrogen) atoms. The third kappa shape index (κ3) is 3.03. The fourth-order valence-corrected chi connectivity index (χ4v) is 1.36. The summed E-state index contributed by atoms with van der Waals surface area (Å²) in [6.07, 6.45) is 0. The summed E-state index contributed by atoms with van der Waals surface area (Å²) in [4.78, 5) is 32.6. The summed E-state index contributed by atoms with van der Waals surface area (Å²) in [6, 6.07) is 4.01. The lowest BCUT2D eigenvalue weighted by Crippen LogP contribution is -2.28. The quantitative estimate of drug-likeness (QED) is 0.620. The van der Waals surface area contributed by atoms with Gasteiger partial charge in [0.05, 0.1) is 24.1 Å². The van der Waals surface area contributed by atoms with E-state index in [1.54, 1.807) is 0 Å². The van der Waals surface area contributed by atoms with Crippen LogP contribution in [0.15, 0.2) is 18.2 Å². The van der Waals surface area contributed by atoms with Crippen molar-refractivity contribution >= 4 is 17.4 Å². The van der Waals surface area contributed by atoms with E-state index in [-0.39, 0.29) is 29.3 Å². The maximum Gasteiger partial charge on any atom is 0.311 e. The van der Waals surface area contributed by atoms with Crippen molar-refractivity contribution in [3.63, 3.8) is 0 Å². The SMILES string of the molecule is COc1c(C(=O)NCC(C)=O)cccc1[N+](=O)[O-]. The molecule has 1 aromatic carbocycles. The Balaban J connectivity index is 3.08. The van der Waals surface area contributed by atoms with E-state index in [4.69, 9.17) is 4.74 Å². The van der Waals surface area contributed by atoms with Crippen molar-refractivity contribution in [2.75, 3.05) is 13.7 Å². The maximum absolute atomic E-state index is 11.7. The van der Waals surface area contributed by atoms with E-state index < -0.39 is 10.8 Å².